The van der Waals surface area contributed by atoms with Crippen molar-refractivity contribution >= 4 is 11.9 Å². The lowest BCUT2D eigenvalue weighted by Crippen LogP contribution is -2.32. The van der Waals surface area contributed by atoms with Gasteiger partial charge in [-0.05, 0) is 33.8 Å². The highest BCUT2D eigenvalue weighted by molar-refractivity contribution is 5.92. The van der Waals surface area contributed by atoms with Crippen molar-refractivity contribution in [1.82, 2.24) is 24.5 Å². The van der Waals surface area contributed by atoms with E-state index in [0.29, 0.717) is 18.8 Å². The number of aliphatic carboxylic acids is 1. The van der Waals surface area contributed by atoms with E-state index in [1.807, 2.05) is 32.4 Å². The highest BCUT2D eigenvalue weighted by Crippen LogP contribution is 2.17. The number of carbonyl (C=O) groups is 2. The third kappa shape index (κ3) is 4.07. The fourth-order valence-electron chi connectivity index (χ4n) is 2.84. The molecule has 0 aromatic carbocycles. The molecular formula is C17H25N5O3. The van der Waals surface area contributed by atoms with Gasteiger partial charge in [0.1, 0.15) is 5.69 Å². The Kier molecular flexibility index (Phi) is 5.95. The molecule has 0 saturated heterocycles. The van der Waals surface area contributed by atoms with Gasteiger partial charge in [-0.1, -0.05) is 0 Å². The first-order valence-corrected chi connectivity index (χ1v) is 8.44. The summed E-state index contributed by atoms with van der Waals surface area (Å²) in [5, 5.41) is 17.4. The molecule has 8 nitrogen and oxygen atoms in total. The molecule has 0 bridgehead atoms. The van der Waals surface area contributed by atoms with Gasteiger partial charge in [0.25, 0.3) is 5.91 Å². The summed E-state index contributed by atoms with van der Waals surface area (Å²) < 4.78 is 3.38. The van der Waals surface area contributed by atoms with Crippen LogP contribution in [0.25, 0.3) is 0 Å². The number of amides is 1. The van der Waals surface area contributed by atoms with E-state index >= 15 is 0 Å². The summed E-state index contributed by atoms with van der Waals surface area (Å²) in [6.07, 6.45) is 1.45. The minimum absolute atomic E-state index is 0.0738. The second-order valence-electron chi connectivity index (χ2n) is 5.87. The third-order valence-electron chi connectivity index (χ3n) is 4.32. The number of nitrogens with zero attached hydrogens (tertiary/aromatic N) is 5. The number of hydrogen-bond acceptors (Lipinski definition) is 4. The Morgan fingerprint density at radius 1 is 1.24 bits per heavy atom. The minimum Gasteiger partial charge on any atom is -0.481 e. The van der Waals surface area contributed by atoms with Crippen molar-refractivity contribution in [3.63, 3.8) is 0 Å². The molecule has 136 valence electrons. The van der Waals surface area contributed by atoms with Crippen molar-refractivity contribution in [2.75, 3.05) is 6.54 Å². The van der Waals surface area contributed by atoms with Gasteiger partial charge in [-0.25, -0.2) is 0 Å². The quantitative estimate of drug-likeness (QED) is 0.786. The number of aryl methyl sites for hydroxylation is 3. The lowest BCUT2D eigenvalue weighted by atomic mass is 10.1. The van der Waals surface area contributed by atoms with E-state index in [9.17, 15) is 9.59 Å². The maximum absolute atomic E-state index is 12.9. The number of carbonyl (C=O) groups excluding carboxylic acids is 1. The Hall–Kier alpha value is -2.64. The second kappa shape index (κ2) is 7.96. The Morgan fingerprint density at radius 3 is 2.52 bits per heavy atom. The topological polar surface area (TPSA) is 93.3 Å². The smallest absolute Gasteiger partial charge is 0.305 e. The van der Waals surface area contributed by atoms with Crippen molar-refractivity contribution in [3.05, 3.63) is 34.9 Å². The van der Waals surface area contributed by atoms with Gasteiger partial charge in [-0.15, -0.1) is 0 Å². The van der Waals surface area contributed by atoms with E-state index in [0.717, 1.165) is 23.5 Å². The second-order valence-corrected chi connectivity index (χ2v) is 5.87. The van der Waals surface area contributed by atoms with Gasteiger partial charge in [0, 0.05) is 37.1 Å². The number of aromatic nitrogens is 4. The molecule has 0 unspecified atom stereocenters. The molecule has 1 N–H and O–H groups in total. The zero-order valence-electron chi connectivity index (χ0n) is 15.2. The average molecular weight is 347 g/mol. The molecule has 2 aromatic rings. The largest absolute Gasteiger partial charge is 0.481 e. The molecule has 0 aliphatic heterocycles. The van der Waals surface area contributed by atoms with Gasteiger partial charge in [-0.2, -0.15) is 10.2 Å². The van der Waals surface area contributed by atoms with Crippen molar-refractivity contribution in [1.29, 1.82) is 0 Å². The molecule has 2 rings (SSSR count). The average Bonchev–Trinajstić information content (AvgIpc) is 3.15. The Bertz CT molecular complexity index is 762. The van der Waals surface area contributed by atoms with E-state index in [4.69, 9.17) is 5.11 Å². The molecule has 0 atom stereocenters. The molecule has 2 aromatic heterocycles. The Morgan fingerprint density at radius 2 is 1.96 bits per heavy atom. The van der Waals surface area contributed by atoms with Crippen molar-refractivity contribution in [3.8, 4) is 0 Å². The van der Waals surface area contributed by atoms with Crippen LogP contribution < -0.4 is 0 Å². The highest BCUT2D eigenvalue weighted by Gasteiger charge is 2.22. The van der Waals surface area contributed by atoms with Crippen molar-refractivity contribution in [2.24, 2.45) is 0 Å². The van der Waals surface area contributed by atoms with Gasteiger partial charge >= 0.3 is 5.97 Å². The lowest BCUT2D eigenvalue weighted by Gasteiger charge is -2.21. The van der Waals surface area contributed by atoms with Crippen molar-refractivity contribution in [2.45, 2.75) is 53.8 Å². The monoisotopic (exact) mass is 347 g/mol. The standard InChI is InChI=1S/C17H25N5O3/c1-5-20(11-14-12(3)19-21(6-2)13(14)4)17(25)15-7-9-18-22(15)10-8-16(23)24/h7,9H,5-6,8,10-11H2,1-4H3,(H,23,24). The van der Waals surface area contributed by atoms with Crippen LogP contribution in [-0.4, -0.2) is 48.0 Å². The molecule has 8 heteroatoms. The first-order valence-electron chi connectivity index (χ1n) is 8.44. The predicted molar refractivity (Wildman–Crippen MR) is 92.3 cm³/mol. The predicted octanol–water partition coefficient (Wildman–Crippen LogP) is 1.85. The normalized spacial score (nSPS) is 10.9. The van der Waals surface area contributed by atoms with Crippen LogP contribution in [0, 0.1) is 13.8 Å². The SMILES string of the molecule is CCN(Cc1c(C)nn(CC)c1C)C(=O)c1ccnn1CCC(=O)O. The molecule has 1 amide bonds. The van der Waals surface area contributed by atoms with Crippen LogP contribution in [-0.2, 0) is 24.4 Å². The molecule has 0 saturated carbocycles. The van der Waals surface area contributed by atoms with Crippen LogP contribution >= 0.6 is 0 Å². The van der Waals surface area contributed by atoms with Gasteiger partial charge in [0.2, 0.25) is 0 Å². The summed E-state index contributed by atoms with van der Waals surface area (Å²) in [5.74, 6) is -1.08. The zero-order valence-corrected chi connectivity index (χ0v) is 15.2. The molecular weight excluding hydrogens is 322 g/mol. The molecule has 0 aliphatic carbocycles. The summed E-state index contributed by atoms with van der Waals surface area (Å²) >= 11 is 0. The zero-order chi connectivity index (χ0) is 18.6. The van der Waals surface area contributed by atoms with Crippen LogP contribution in [0.5, 0.6) is 0 Å². The molecule has 0 spiro atoms. The van der Waals surface area contributed by atoms with Gasteiger partial charge in [0.15, 0.2) is 0 Å². The maximum Gasteiger partial charge on any atom is 0.305 e. The van der Waals surface area contributed by atoms with Gasteiger partial charge in [-0.3, -0.25) is 19.0 Å². The number of hydrogen-bond donors (Lipinski definition) is 1. The third-order valence-corrected chi connectivity index (χ3v) is 4.32. The summed E-state index contributed by atoms with van der Waals surface area (Å²) in [6, 6.07) is 1.63. The molecule has 0 fully saturated rings. The first kappa shape index (κ1) is 18.7. The maximum atomic E-state index is 12.9. The van der Waals surface area contributed by atoms with Crippen LogP contribution in [0.4, 0.5) is 0 Å². The highest BCUT2D eigenvalue weighted by atomic mass is 16.4. The van der Waals surface area contributed by atoms with Crippen LogP contribution in [0.15, 0.2) is 12.3 Å². The van der Waals surface area contributed by atoms with E-state index in [-0.39, 0.29) is 18.9 Å². The van der Waals surface area contributed by atoms with Gasteiger partial charge in [0.05, 0.1) is 18.7 Å². The van der Waals surface area contributed by atoms with E-state index in [2.05, 4.69) is 10.2 Å². The lowest BCUT2D eigenvalue weighted by molar-refractivity contribution is -0.137. The Balaban J connectivity index is 2.21. The van der Waals surface area contributed by atoms with E-state index in [1.54, 1.807) is 11.0 Å². The fourth-order valence-corrected chi connectivity index (χ4v) is 2.84. The molecule has 25 heavy (non-hydrogen) atoms. The minimum atomic E-state index is -0.917. The van der Waals surface area contributed by atoms with Crippen LogP contribution in [0.1, 0.15) is 47.7 Å². The first-order chi connectivity index (χ1) is 11.9. The van der Waals surface area contributed by atoms with E-state index in [1.165, 1.54) is 10.9 Å². The van der Waals surface area contributed by atoms with E-state index < -0.39 is 5.97 Å². The summed E-state index contributed by atoms with van der Waals surface area (Å²) in [7, 11) is 0. The van der Waals surface area contributed by atoms with Gasteiger partial charge < -0.3 is 10.0 Å². The van der Waals surface area contributed by atoms with Crippen molar-refractivity contribution < 1.29 is 14.7 Å². The number of carboxylic acids is 1. The fraction of sp³-hybridized carbons (Fsp3) is 0.529. The summed E-state index contributed by atoms with van der Waals surface area (Å²) in [6.45, 7) is 9.88. The van der Waals surface area contributed by atoms with Crippen LogP contribution in [0.2, 0.25) is 0 Å². The summed E-state index contributed by atoms with van der Waals surface area (Å²) in [4.78, 5) is 25.4. The number of rotatable bonds is 8. The number of carboxylic acid groups (broad SMARTS) is 1. The Labute approximate surface area is 147 Å². The van der Waals surface area contributed by atoms with Crippen LogP contribution in [0.3, 0.4) is 0 Å². The molecule has 0 radical (unpaired) electrons. The molecule has 2 heterocycles. The summed E-state index contributed by atoms with van der Waals surface area (Å²) in [5.41, 5.74) is 3.44. The molecule has 0 aliphatic rings.